The molecule has 2 amide bonds. The first-order valence-electron chi connectivity index (χ1n) is 6.81. The Morgan fingerprint density at radius 1 is 1.40 bits per heavy atom. The molecule has 1 saturated carbocycles. The molecule has 7 nitrogen and oxygen atoms in total. The number of carbonyl (C=O) groups is 2. The highest BCUT2D eigenvalue weighted by Crippen LogP contribution is 2.24. The van der Waals surface area contributed by atoms with Crippen molar-refractivity contribution in [3.63, 3.8) is 0 Å². The number of hydrogen-bond acceptors (Lipinski definition) is 4. The van der Waals surface area contributed by atoms with Crippen molar-refractivity contribution in [2.75, 3.05) is 0 Å². The van der Waals surface area contributed by atoms with Crippen LogP contribution in [0.4, 0.5) is 0 Å². The molecule has 1 unspecified atom stereocenters. The van der Waals surface area contributed by atoms with E-state index in [0.29, 0.717) is 5.56 Å². The second-order valence-electron chi connectivity index (χ2n) is 5.38. The van der Waals surface area contributed by atoms with E-state index in [1.54, 1.807) is 24.1 Å². The maximum Gasteiger partial charge on any atom is 0.241 e. The summed E-state index contributed by atoms with van der Waals surface area (Å²) in [5.41, 5.74) is 11.9. The summed E-state index contributed by atoms with van der Waals surface area (Å²) in [7, 11) is 1.78. The molecule has 0 radical (unpaired) electrons. The van der Waals surface area contributed by atoms with Crippen LogP contribution in [-0.2, 0) is 16.6 Å². The maximum atomic E-state index is 12.1. The van der Waals surface area contributed by atoms with E-state index in [4.69, 9.17) is 11.5 Å². The highest BCUT2D eigenvalue weighted by molar-refractivity contribution is 5.83. The van der Waals surface area contributed by atoms with Gasteiger partial charge in [0, 0.05) is 30.8 Å². The zero-order valence-corrected chi connectivity index (χ0v) is 11.6. The highest BCUT2D eigenvalue weighted by atomic mass is 16.2. The van der Waals surface area contributed by atoms with Gasteiger partial charge in [-0.15, -0.1) is 0 Å². The molecule has 20 heavy (non-hydrogen) atoms. The van der Waals surface area contributed by atoms with Crippen molar-refractivity contribution < 1.29 is 9.59 Å². The van der Waals surface area contributed by atoms with Gasteiger partial charge < -0.3 is 16.8 Å². The van der Waals surface area contributed by atoms with E-state index in [2.05, 4.69) is 10.4 Å². The largest absolute Gasteiger partial charge is 0.369 e. The predicted molar refractivity (Wildman–Crippen MR) is 73.2 cm³/mol. The molecule has 0 aromatic carbocycles. The Morgan fingerprint density at radius 2 is 2.05 bits per heavy atom. The Balaban J connectivity index is 1.85. The molecule has 1 aliphatic rings. The molecule has 0 bridgehead atoms. The normalized spacial score (nSPS) is 24.1. The number of nitrogens with one attached hydrogen (secondary N) is 1. The average molecular weight is 279 g/mol. The van der Waals surface area contributed by atoms with Gasteiger partial charge in [0.15, 0.2) is 0 Å². The third-order valence-corrected chi connectivity index (χ3v) is 3.84. The van der Waals surface area contributed by atoms with Crippen molar-refractivity contribution in [1.82, 2.24) is 15.1 Å². The van der Waals surface area contributed by atoms with Crippen LogP contribution in [0, 0.1) is 5.92 Å². The third kappa shape index (κ3) is 3.36. The molecule has 1 heterocycles. The lowest BCUT2D eigenvalue weighted by molar-refractivity contribution is -0.124. The van der Waals surface area contributed by atoms with Crippen LogP contribution in [0.5, 0.6) is 0 Å². The molecule has 1 fully saturated rings. The Hall–Kier alpha value is -1.89. The molecule has 0 spiro atoms. The van der Waals surface area contributed by atoms with E-state index in [-0.39, 0.29) is 23.8 Å². The average Bonchev–Trinajstić information content (AvgIpc) is 2.85. The first kappa shape index (κ1) is 14.5. The Morgan fingerprint density at radius 3 is 2.55 bits per heavy atom. The number of aryl methyl sites for hydroxylation is 1. The minimum absolute atomic E-state index is 0.0600. The molecule has 0 saturated heterocycles. The van der Waals surface area contributed by atoms with Crippen LogP contribution < -0.4 is 16.8 Å². The number of hydrogen-bond donors (Lipinski definition) is 3. The lowest BCUT2D eigenvalue weighted by atomic mass is 9.85. The highest BCUT2D eigenvalue weighted by Gasteiger charge is 2.27. The van der Waals surface area contributed by atoms with Gasteiger partial charge in [-0.3, -0.25) is 14.3 Å². The van der Waals surface area contributed by atoms with E-state index in [1.165, 1.54) is 0 Å². The van der Waals surface area contributed by atoms with Crippen LogP contribution >= 0.6 is 0 Å². The summed E-state index contributed by atoms with van der Waals surface area (Å²) in [5, 5.41) is 6.93. The van der Waals surface area contributed by atoms with Crippen LogP contribution in [0.15, 0.2) is 12.4 Å². The molecule has 1 aromatic rings. The first-order chi connectivity index (χ1) is 9.47. The topological polar surface area (TPSA) is 116 Å². The monoisotopic (exact) mass is 279 g/mol. The van der Waals surface area contributed by atoms with Crippen molar-refractivity contribution in [3.8, 4) is 0 Å². The van der Waals surface area contributed by atoms with Crippen molar-refractivity contribution in [2.45, 2.75) is 37.8 Å². The second kappa shape index (κ2) is 6.04. The standard InChI is InChI=1S/C13H21N5O2/c1-18-7-9(6-16-18)11(14)13(20)17-10-4-2-8(3-5-10)12(15)19/h6-8,10-11H,2-5,14H2,1H3,(H2,15,19)(H,17,20). The van der Waals surface area contributed by atoms with Crippen LogP contribution in [0.3, 0.4) is 0 Å². The van der Waals surface area contributed by atoms with Crippen molar-refractivity contribution in [1.29, 1.82) is 0 Å². The minimum Gasteiger partial charge on any atom is -0.369 e. The summed E-state index contributed by atoms with van der Waals surface area (Å²) in [6, 6.07) is -0.640. The number of nitrogens with zero attached hydrogens (tertiary/aromatic N) is 2. The molecule has 1 aliphatic carbocycles. The molecule has 2 rings (SSSR count). The summed E-state index contributed by atoms with van der Waals surface area (Å²) in [4.78, 5) is 23.2. The summed E-state index contributed by atoms with van der Waals surface area (Å²) in [6.07, 6.45) is 6.30. The molecular weight excluding hydrogens is 258 g/mol. The lowest BCUT2D eigenvalue weighted by Gasteiger charge is -2.28. The van der Waals surface area contributed by atoms with Gasteiger partial charge in [-0.2, -0.15) is 5.10 Å². The second-order valence-corrected chi connectivity index (χ2v) is 5.38. The SMILES string of the molecule is Cn1cc(C(N)C(=O)NC2CCC(C(N)=O)CC2)cn1. The quantitative estimate of drug-likeness (QED) is 0.694. The summed E-state index contributed by atoms with van der Waals surface area (Å²) < 4.78 is 1.61. The molecule has 1 atom stereocenters. The summed E-state index contributed by atoms with van der Waals surface area (Å²) >= 11 is 0. The van der Waals surface area contributed by atoms with Crippen molar-refractivity contribution >= 4 is 11.8 Å². The molecule has 1 aromatic heterocycles. The van der Waals surface area contributed by atoms with E-state index in [1.807, 2.05) is 0 Å². The van der Waals surface area contributed by atoms with Crippen LogP contribution in [0.1, 0.15) is 37.3 Å². The van der Waals surface area contributed by atoms with Gasteiger partial charge in [0.1, 0.15) is 6.04 Å². The van der Waals surface area contributed by atoms with Gasteiger partial charge in [-0.1, -0.05) is 0 Å². The van der Waals surface area contributed by atoms with Crippen molar-refractivity contribution in [3.05, 3.63) is 18.0 Å². The smallest absolute Gasteiger partial charge is 0.241 e. The first-order valence-corrected chi connectivity index (χ1v) is 6.81. The van der Waals surface area contributed by atoms with Gasteiger partial charge in [0.05, 0.1) is 6.20 Å². The van der Waals surface area contributed by atoms with Gasteiger partial charge >= 0.3 is 0 Å². The Kier molecular flexibility index (Phi) is 4.39. The zero-order valence-electron chi connectivity index (χ0n) is 11.6. The minimum atomic E-state index is -0.711. The molecule has 7 heteroatoms. The fourth-order valence-electron chi connectivity index (χ4n) is 2.57. The third-order valence-electron chi connectivity index (χ3n) is 3.84. The number of carbonyl (C=O) groups excluding carboxylic acids is 2. The van der Waals surface area contributed by atoms with Crippen molar-refractivity contribution in [2.24, 2.45) is 24.4 Å². The van der Waals surface area contributed by atoms with Crippen LogP contribution in [0.2, 0.25) is 0 Å². The Labute approximate surface area is 117 Å². The van der Waals surface area contributed by atoms with E-state index < -0.39 is 6.04 Å². The van der Waals surface area contributed by atoms with Gasteiger partial charge in [0.25, 0.3) is 0 Å². The molecule has 110 valence electrons. The fourth-order valence-corrected chi connectivity index (χ4v) is 2.57. The van der Waals surface area contributed by atoms with E-state index >= 15 is 0 Å². The number of aromatic nitrogens is 2. The summed E-state index contributed by atoms with van der Waals surface area (Å²) in [5.74, 6) is -0.516. The number of amides is 2. The van der Waals surface area contributed by atoms with Gasteiger partial charge in [0.2, 0.25) is 11.8 Å². The molecule has 5 N–H and O–H groups in total. The van der Waals surface area contributed by atoms with E-state index in [0.717, 1.165) is 25.7 Å². The van der Waals surface area contributed by atoms with Gasteiger partial charge in [-0.05, 0) is 25.7 Å². The fraction of sp³-hybridized carbons (Fsp3) is 0.615. The number of primary amides is 1. The molecular formula is C13H21N5O2. The predicted octanol–water partition coefficient (Wildman–Crippen LogP) is -0.420. The van der Waals surface area contributed by atoms with Crippen LogP contribution in [-0.4, -0.2) is 27.6 Å². The maximum absolute atomic E-state index is 12.1. The molecule has 0 aliphatic heterocycles. The number of rotatable bonds is 4. The number of nitrogens with two attached hydrogens (primary N) is 2. The van der Waals surface area contributed by atoms with Crippen LogP contribution in [0.25, 0.3) is 0 Å². The van der Waals surface area contributed by atoms with Gasteiger partial charge in [-0.25, -0.2) is 0 Å². The summed E-state index contributed by atoms with van der Waals surface area (Å²) in [6.45, 7) is 0. The Bertz CT molecular complexity index is 491. The lowest BCUT2D eigenvalue weighted by Crippen LogP contribution is -2.43. The van der Waals surface area contributed by atoms with E-state index in [9.17, 15) is 9.59 Å². The zero-order chi connectivity index (χ0) is 14.7.